The monoisotopic (exact) mass is 286 g/mol. The van der Waals surface area contributed by atoms with Gasteiger partial charge in [0.05, 0.1) is 0 Å². The van der Waals surface area contributed by atoms with Gasteiger partial charge in [-0.25, -0.2) is 0 Å². The fourth-order valence-corrected chi connectivity index (χ4v) is 4.86. The molecule has 114 valence electrons. The summed E-state index contributed by atoms with van der Waals surface area (Å²) in [6.07, 6.45) is 1.24. The van der Waals surface area contributed by atoms with Gasteiger partial charge < -0.3 is 5.73 Å². The second kappa shape index (κ2) is 6.82. The topological polar surface area (TPSA) is 29.3 Å². The van der Waals surface area contributed by atoms with Crippen LogP contribution in [0, 0.1) is 17.3 Å². The maximum Gasteiger partial charge on any atom is 0.0427 e. The van der Waals surface area contributed by atoms with Crippen molar-refractivity contribution in [2.45, 2.75) is 53.5 Å². The molecule has 0 aromatic heterocycles. The molecule has 1 aliphatic rings. The Labute approximate surface area is 124 Å². The van der Waals surface area contributed by atoms with E-state index in [-0.39, 0.29) is 5.54 Å². The van der Waals surface area contributed by atoms with Gasteiger partial charge in [-0.15, -0.1) is 0 Å². The van der Waals surface area contributed by atoms with Gasteiger partial charge in [-0.3, -0.25) is 4.90 Å². The SMILES string of the molecule is CC(C)CN(CC(C)C)C1(CN)CSCC(C)(C)C1. The average molecular weight is 287 g/mol. The number of nitrogens with zero attached hydrogens (tertiary/aromatic N) is 1. The lowest BCUT2D eigenvalue weighted by Crippen LogP contribution is -2.61. The molecule has 0 aromatic rings. The quantitative estimate of drug-likeness (QED) is 0.811. The molecule has 0 radical (unpaired) electrons. The van der Waals surface area contributed by atoms with E-state index in [1.807, 2.05) is 0 Å². The van der Waals surface area contributed by atoms with Crippen LogP contribution in [0.2, 0.25) is 0 Å². The summed E-state index contributed by atoms with van der Waals surface area (Å²) in [6.45, 7) is 17.2. The maximum absolute atomic E-state index is 6.26. The minimum Gasteiger partial charge on any atom is -0.329 e. The molecule has 1 atom stereocenters. The van der Waals surface area contributed by atoms with Crippen LogP contribution in [0.5, 0.6) is 0 Å². The highest BCUT2D eigenvalue weighted by atomic mass is 32.2. The molecule has 0 bridgehead atoms. The number of hydrogen-bond donors (Lipinski definition) is 1. The molecular formula is C16H34N2S. The summed E-state index contributed by atoms with van der Waals surface area (Å²) in [4.78, 5) is 2.70. The van der Waals surface area contributed by atoms with E-state index in [2.05, 4.69) is 58.2 Å². The van der Waals surface area contributed by atoms with E-state index in [1.165, 1.54) is 31.0 Å². The molecule has 2 N–H and O–H groups in total. The first-order chi connectivity index (χ1) is 8.71. The summed E-state index contributed by atoms with van der Waals surface area (Å²) in [5, 5.41) is 0. The second-order valence-corrected chi connectivity index (χ2v) is 8.94. The standard InChI is InChI=1S/C16H34N2S/c1-13(2)7-18(8-14(3)4)16(10-17)9-15(5,6)11-19-12-16/h13-14H,7-12,17H2,1-6H3. The zero-order valence-electron chi connectivity index (χ0n) is 13.8. The largest absolute Gasteiger partial charge is 0.329 e. The molecule has 0 amide bonds. The van der Waals surface area contributed by atoms with Gasteiger partial charge in [0.1, 0.15) is 0 Å². The molecule has 0 spiro atoms. The Kier molecular flexibility index (Phi) is 6.22. The van der Waals surface area contributed by atoms with Crippen molar-refractivity contribution < 1.29 is 0 Å². The smallest absolute Gasteiger partial charge is 0.0427 e. The molecule has 0 aromatic carbocycles. The van der Waals surface area contributed by atoms with Crippen LogP contribution in [-0.2, 0) is 0 Å². The lowest BCUT2D eigenvalue weighted by atomic mass is 9.78. The summed E-state index contributed by atoms with van der Waals surface area (Å²) < 4.78 is 0. The molecule has 0 saturated carbocycles. The fraction of sp³-hybridized carbons (Fsp3) is 1.00. The molecule has 1 fully saturated rings. The van der Waals surface area contributed by atoms with E-state index in [0.29, 0.717) is 17.3 Å². The van der Waals surface area contributed by atoms with Crippen LogP contribution in [0.25, 0.3) is 0 Å². The molecule has 0 aliphatic carbocycles. The summed E-state index contributed by atoms with van der Waals surface area (Å²) >= 11 is 2.09. The van der Waals surface area contributed by atoms with Crippen LogP contribution in [0.4, 0.5) is 0 Å². The molecule has 19 heavy (non-hydrogen) atoms. The van der Waals surface area contributed by atoms with Gasteiger partial charge in [0.15, 0.2) is 0 Å². The normalized spacial score (nSPS) is 27.5. The fourth-order valence-electron chi connectivity index (χ4n) is 3.32. The summed E-state index contributed by atoms with van der Waals surface area (Å²) in [6, 6.07) is 0. The highest BCUT2D eigenvalue weighted by Gasteiger charge is 2.43. The molecule has 1 unspecified atom stereocenters. The lowest BCUT2D eigenvalue weighted by Gasteiger charge is -2.51. The molecule has 1 rings (SSSR count). The molecule has 1 aliphatic heterocycles. The van der Waals surface area contributed by atoms with E-state index < -0.39 is 0 Å². The van der Waals surface area contributed by atoms with E-state index >= 15 is 0 Å². The highest BCUT2D eigenvalue weighted by Crippen LogP contribution is 2.42. The Balaban J connectivity index is 2.92. The van der Waals surface area contributed by atoms with Crippen LogP contribution >= 0.6 is 11.8 Å². The Morgan fingerprint density at radius 1 is 1.05 bits per heavy atom. The first-order valence-electron chi connectivity index (χ1n) is 7.74. The number of nitrogens with two attached hydrogens (primary N) is 1. The molecule has 1 heterocycles. The van der Waals surface area contributed by atoms with Gasteiger partial charge in [-0.1, -0.05) is 41.5 Å². The predicted octanol–water partition coefficient (Wildman–Crippen LogP) is 3.46. The van der Waals surface area contributed by atoms with Crippen molar-refractivity contribution in [1.29, 1.82) is 0 Å². The summed E-state index contributed by atoms with van der Waals surface area (Å²) in [7, 11) is 0. The molecule has 1 saturated heterocycles. The van der Waals surface area contributed by atoms with Crippen molar-refractivity contribution >= 4 is 11.8 Å². The Morgan fingerprint density at radius 3 is 1.95 bits per heavy atom. The molecular weight excluding hydrogens is 252 g/mol. The third-order valence-electron chi connectivity index (χ3n) is 3.89. The van der Waals surface area contributed by atoms with Gasteiger partial charge in [-0.2, -0.15) is 11.8 Å². The first-order valence-corrected chi connectivity index (χ1v) is 8.89. The van der Waals surface area contributed by atoms with Crippen LogP contribution in [0.15, 0.2) is 0 Å². The second-order valence-electron chi connectivity index (χ2n) is 7.95. The van der Waals surface area contributed by atoms with Crippen LogP contribution in [0.3, 0.4) is 0 Å². The summed E-state index contributed by atoms with van der Waals surface area (Å²) in [5.41, 5.74) is 6.88. The lowest BCUT2D eigenvalue weighted by molar-refractivity contribution is 0.0478. The van der Waals surface area contributed by atoms with Crippen molar-refractivity contribution in [2.75, 3.05) is 31.1 Å². The minimum atomic E-state index is 0.209. The van der Waals surface area contributed by atoms with Gasteiger partial charge in [0.25, 0.3) is 0 Å². The minimum absolute atomic E-state index is 0.209. The Bertz CT molecular complexity index is 266. The van der Waals surface area contributed by atoms with Gasteiger partial charge in [-0.05, 0) is 29.4 Å². The van der Waals surface area contributed by atoms with Crippen molar-refractivity contribution in [1.82, 2.24) is 4.90 Å². The molecule has 3 heteroatoms. The maximum atomic E-state index is 6.26. The van der Waals surface area contributed by atoms with Gasteiger partial charge >= 0.3 is 0 Å². The number of hydrogen-bond acceptors (Lipinski definition) is 3. The van der Waals surface area contributed by atoms with E-state index in [4.69, 9.17) is 5.73 Å². The van der Waals surface area contributed by atoms with Crippen molar-refractivity contribution in [2.24, 2.45) is 23.0 Å². The van der Waals surface area contributed by atoms with Gasteiger partial charge in [0.2, 0.25) is 0 Å². The number of rotatable bonds is 6. The third kappa shape index (κ3) is 4.95. The zero-order valence-corrected chi connectivity index (χ0v) is 14.6. The highest BCUT2D eigenvalue weighted by molar-refractivity contribution is 7.99. The Morgan fingerprint density at radius 2 is 1.58 bits per heavy atom. The average Bonchev–Trinajstić information content (AvgIpc) is 2.25. The van der Waals surface area contributed by atoms with Crippen molar-refractivity contribution in [3.05, 3.63) is 0 Å². The first kappa shape index (κ1) is 17.3. The van der Waals surface area contributed by atoms with E-state index in [9.17, 15) is 0 Å². The van der Waals surface area contributed by atoms with Crippen molar-refractivity contribution in [3.8, 4) is 0 Å². The van der Waals surface area contributed by atoms with Gasteiger partial charge in [0, 0.05) is 30.9 Å². The molecule has 2 nitrogen and oxygen atoms in total. The zero-order chi connectivity index (χ0) is 14.7. The van der Waals surface area contributed by atoms with Crippen LogP contribution < -0.4 is 5.73 Å². The predicted molar refractivity (Wildman–Crippen MR) is 88.8 cm³/mol. The van der Waals surface area contributed by atoms with Crippen LogP contribution in [-0.4, -0.2) is 41.6 Å². The number of thioether (sulfide) groups is 1. The van der Waals surface area contributed by atoms with E-state index in [0.717, 1.165) is 6.54 Å². The van der Waals surface area contributed by atoms with Crippen LogP contribution in [0.1, 0.15) is 48.0 Å². The van der Waals surface area contributed by atoms with Crippen molar-refractivity contribution in [3.63, 3.8) is 0 Å². The Hall–Kier alpha value is 0.270. The van der Waals surface area contributed by atoms with E-state index in [1.54, 1.807) is 0 Å². The third-order valence-corrected chi connectivity index (χ3v) is 5.62. The summed E-state index contributed by atoms with van der Waals surface area (Å²) in [5.74, 6) is 3.88.